The first-order valence-corrected chi connectivity index (χ1v) is 6.27. The van der Waals surface area contributed by atoms with Crippen molar-refractivity contribution in [3.63, 3.8) is 0 Å². The Morgan fingerprint density at radius 2 is 2.00 bits per heavy atom. The molecule has 0 saturated carbocycles. The summed E-state index contributed by atoms with van der Waals surface area (Å²) in [6.07, 6.45) is 1.33. The average molecular weight is 271 g/mol. The van der Waals surface area contributed by atoms with Crippen molar-refractivity contribution in [2.45, 2.75) is 13.5 Å². The largest absolute Gasteiger partial charge is 0.493 e. The molecule has 0 heterocycles. The number of aryl methyl sites for hydroxylation is 1. The number of hydrogen-bond donors (Lipinski definition) is 1. The van der Waals surface area contributed by atoms with Gasteiger partial charge in [-0.05, 0) is 24.6 Å². The van der Waals surface area contributed by atoms with Crippen molar-refractivity contribution >= 4 is 6.21 Å². The van der Waals surface area contributed by atoms with E-state index in [1.165, 1.54) is 11.8 Å². The highest BCUT2D eigenvalue weighted by Crippen LogP contribution is 2.30. The minimum atomic E-state index is 0.425. The molecule has 2 aromatic carbocycles. The number of oxime groups is 1. The lowest BCUT2D eigenvalue weighted by molar-refractivity contribution is 0.283. The smallest absolute Gasteiger partial charge is 0.170 e. The van der Waals surface area contributed by atoms with Crippen LogP contribution in [0.1, 0.15) is 16.7 Å². The number of ether oxygens (including phenoxy) is 2. The van der Waals surface area contributed by atoms with Gasteiger partial charge in [-0.25, -0.2) is 0 Å². The quantitative estimate of drug-likeness (QED) is 0.515. The van der Waals surface area contributed by atoms with Crippen molar-refractivity contribution in [2.24, 2.45) is 5.16 Å². The van der Waals surface area contributed by atoms with Crippen molar-refractivity contribution in [1.29, 1.82) is 0 Å². The fourth-order valence-electron chi connectivity index (χ4n) is 1.97. The predicted octanol–water partition coefficient (Wildman–Crippen LogP) is 3.39. The van der Waals surface area contributed by atoms with Crippen LogP contribution in [0.2, 0.25) is 0 Å². The fourth-order valence-corrected chi connectivity index (χ4v) is 1.97. The van der Waals surface area contributed by atoms with Crippen LogP contribution >= 0.6 is 0 Å². The van der Waals surface area contributed by atoms with E-state index in [1.54, 1.807) is 19.2 Å². The lowest BCUT2D eigenvalue weighted by atomic mass is 10.1. The second-order valence-electron chi connectivity index (χ2n) is 4.40. The molecule has 0 saturated heterocycles. The van der Waals surface area contributed by atoms with Crippen LogP contribution < -0.4 is 9.47 Å². The molecule has 0 aliphatic carbocycles. The predicted molar refractivity (Wildman–Crippen MR) is 77.9 cm³/mol. The van der Waals surface area contributed by atoms with Crippen molar-refractivity contribution in [1.82, 2.24) is 0 Å². The van der Waals surface area contributed by atoms with Crippen LogP contribution in [0, 0.1) is 6.92 Å². The van der Waals surface area contributed by atoms with Crippen molar-refractivity contribution in [3.05, 3.63) is 59.2 Å². The van der Waals surface area contributed by atoms with E-state index in [1.807, 2.05) is 31.2 Å². The van der Waals surface area contributed by atoms with E-state index in [9.17, 15) is 0 Å². The molecule has 0 amide bonds. The maximum absolute atomic E-state index is 8.70. The van der Waals surface area contributed by atoms with Crippen molar-refractivity contribution in [2.75, 3.05) is 7.11 Å². The minimum absolute atomic E-state index is 0.425. The third-order valence-corrected chi connectivity index (χ3v) is 2.89. The maximum Gasteiger partial charge on any atom is 0.170 e. The summed E-state index contributed by atoms with van der Waals surface area (Å²) >= 11 is 0. The Morgan fingerprint density at radius 3 is 2.70 bits per heavy atom. The van der Waals surface area contributed by atoms with Gasteiger partial charge in [-0.1, -0.05) is 41.1 Å². The van der Waals surface area contributed by atoms with Gasteiger partial charge in [-0.15, -0.1) is 0 Å². The zero-order chi connectivity index (χ0) is 14.4. The van der Waals surface area contributed by atoms with Crippen LogP contribution in [0.5, 0.6) is 11.5 Å². The molecule has 0 aromatic heterocycles. The topological polar surface area (TPSA) is 51.0 Å². The number of benzene rings is 2. The van der Waals surface area contributed by atoms with Gasteiger partial charge in [-0.3, -0.25) is 0 Å². The van der Waals surface area contributed by atoms with Gasteiger partial charge in [0.15, 0.2) is 11.5 Å². The normalized spacial score (nSPS) is 10.7. The summed E-state index contributed by atoms with van der Waals surface area (Å²) in [6, 6.07) is 13.5. The Bertz CT molecular complexity index is 608. The Morgan fingerprint density at radius 1 is 1.20 bits per heavy atom. The van der Waals surface area contributed by atoms with Gasteiger partial charge < -0.3 is 14.7 Å². The van der Waals surface area contributed by atoms with E-state index < -0.39 is 0 Å². The molecule has 2 rings (SSSR count). The first-order chi connectivity index (χ1) is 9.74. The van der Waals surface area contributed by atoms with Gasteiger partial charge in [0.1, 0.15) is 6.61 Å². The molecule has 0 atom stereocenters. The molecule has 0 aliphatic rings. The third-order valence-electron chi connectivity index (χ3n) is 2.89. The summed E-state index contributed by atoms with van der Waals surface area (Å²) in [5.74, 6) is 1.17. The molecule has 0 spiro atoms. The van der Waals surface area contributed by atoms with Crippen LogP contribution in [-0.2, 0) is 6.61 Å². The van der Waals surface area contributed by atoms with Crippen molar-refractivity contribution < 1.29 is 14.7 Å². The van der Waals surface area contributed by atoms with Gasteiger partial charge in [0.2, 0.25) is 0 Å². The summed E-state index contributed by atoms with van der Waals surface area (Å²) in [5.41, 5.74) is 2.92. The van der Waals surface area contributed by atoms with E-state index in [0.717, 1.165) is 5.56 Å². The first kappa shape index (κ1) is 13.9. The fraction of sp³-hybridized carbons (Fsp3) is 0.188. The van der Waals surface area contributed by atoms with Crippen LogP contribution in [-0.4, -0.2) is 18.5 Å². The van der Waals surface area contributed by atoms with E-state index in [4.69, 9.17) is 14.7 Å². The standard InChI is InChI=1S/C16H17NO3/c1-12-5-3-6-13(9-12)11-20-16-14(10-17-18)7-4-8-15(16)19-2/h3-10,18H,11H2,1-2H3/b17-10-. The van der Waals surface area contributed by atoms with E-state index in [0.29, 0.717) is 23.7 Å². The summed E-state index contributed by atoms with van der Waals surface area (Å²) in [7, 11) is 1.58. The van der Waals surface area contributed by atoms with E-state index >= 15 is 0 Å². The molecular formula is C16H17NO3. The highest BCUT2D eigenvalue weighted by molar-refractivity contribution is 5.84. The van der Waals surface area contributed by atoms with Gasteiger partial charge in [0.05, 0.1) is 13.3 Å². The summed E-state index contributed by atoms with van der Waals surface area (Å²) in [4.78, 5) is 0. The first-order valence-electron chi connectivity index (χ1n) is 6.27. The molecular weight excluding hydrogens is 254 g/mol. The lowest BCUT2D eigenvalue weighted by Crippen LogP contribution is -2.01. The van der Waals surface area contributed by atoms with E-state index in [-0.39, 0.29) is 0 Å². The number of rotatable bonds is 5. The SMILES string of the molecule is COc1cccc(/C=N\O)c1OCc1cccc(C)c1. The summed E-state index contributed by atoms with van der Waals surface area (Å²) in [6.45, 7) is 2.46. The molecule has 2 aromatic rings. The van der Waals surface area contributed by atoms with Gasteiger partial charge in [0, 0.05) is 5.56 Å². The monoisotopic (exact) mass is 271 g/mol. The van der Waals surface area contributed by atoms with Gasteiger partial charge in [-0.2, -0.15) is 0 Å². The third kappa shape index (κ3) is 3.29. The van der Waals surface area contributed by atoms with Gasteiger partial charge in [0.25, 0.3) is 0 Å². The second kappa shape index (κ2) is 6.61. The molecule has 0 fully saturated rings. The maximum atomic E-state index is 8.70. The highest BCUT2D eigenvalue weighted by Gasteiger charge is 2.09. The zero-order valence-electron chi connectivity index (χ0n) is 11.5. The lowest BCUT2D eigenvalue weighted by Gasteiger charge is -2.13. The average Bonchev–Trinajstić information content (AvgIpc) is 2.46. The summed E-state index contributed by atoms with van der Waals surface area (Å²) < 4.78 is 11.1. The number of para-hydroxylation sites is 1. The molecule has 0 bridgehead atoms. The number of hydrogen-bond acceptors (Lipinski definition) is 4. The minimum Gasteiger partial charge on any atom is -0.493 e. The van der Waals surface area contributed by atoms with Crippen molar-refractivity contribution in [3.8, 4) is 11.5 Å². The molecule has 20 heavy (non-hydrogen) atoms. The van der Waals surface area contributed by atoms with Crippen LogP contribution in [0.4, 0.5) is 0 Å². The molecule has 0 aliphatic heterocycles. The molecule has 104 valence electrons. The molecule has 0 radical (unpaired) electrons. The molecule has 0 unspecified atom stereocenters. The molecule has 4 heteroatoms. The van der Waals surface area contributed by atoms with E-state index in [2.05, 4.69) is 11.2 Å². The Kier molecular flexibility index (Phi) is 4.60. The van der Waals surface area contributed by atoms with Crippen LogP contribution in [0.3, 0.4) is 0 Å². The number of nitrogens with zero attached hydrogens (tertiary/aromatic N) is 1. The van der Waals surface area contributed by atoms with Crippen LogP contribution in [0.25, 0.3) is 0 Å². The molecule has 1 N–H and O–H groups in total. The summed E-state index contributed by atoms with van der Waals surface area (Å²) in [5, 5.41) is 11.8. The zero-order valence-corrected chi connectivity index (χ0v) is 11.5. The number of methoxy groups -OCH3 is 1. The van der Waals surface area contributed by atoms with Gasteiger partial charge >= 0.3 is 0 Å². The second-order valence-corrected chi connectivity index (χ2v) is 4.40. The van der Waals surface area contributed by atoms with Crippen LogP contribution in [0.15, 0.2) is 47.6 Å². The molecule has 4 nitrogen and oxygen atoms in total. The Labute approximate surface area is 118 Å². The Balaban J connectivity index is 2.23. The Hall–Kier alpha value is -2.49. The highest BCUT2D eigenvalue weighted by atomic mass is 16.5.